The third-order valence-corrected chi connectivity index (χ3v) is 2.59. The molecule has 2 aliphatic rings. The van der Waals surface area contributed by atoms with Crippen molar-refractivity contribution >= 4 is 0 Å². The molecule has 1 aliphatic heterocycles. The second-order valence-corrected chi connectivity index (χ2v) is 3.38. The summed E-state index contributed by atoms with van der Waals surface area (Å²) < 4.78 is 5.02. The molecule has 1 spiro atoms. The van der Waals surface area contributed by atoms with Crippen molar-refractivity contribution < 1.29 is 14.9 Å². The topological polar surface area (TPSA) is 49.7 Å². The Kier molecular flexibility index (Phi) is 1.27. The summed E-state index contributed by atoms with van der Waals surface area (Å²) in [6.45, 7) is 0.537. The van der Waals surface area contributed by atoms with Gasteiger partial charge in [0.1, 0.15) is 0 Å². The molecule has 0 aromatic rings. The molecule has 0 radical (unpaired) electrons. The first-order chi connectivity index (χ1) is 4.73. The van der Waals surface area contributed by atoms with Crippen LogP contribution in [0.3, 0.4) is 0 Å². The van der Waals surface area contributed by atoms with Crippen molar-refractivity contribution in [3.05, 3.63) is 0 Å². The Morgan fingerprint density at radius 1 is 1.30 bits per heavy atom. The molecule has 1 saturated heterocycles. The fourth-order valence-electron chi connectivity index (χ4n) is 1.51. The van der Waals surface area contributed by atoms with Crippen molar-refractivity contribution in [3.8, 4) is 0 Å². The molecule has 1 saturated carbocycles. The van der Waals surface area contributed by atoms with E-state index in [1.165, 1.54) is 0 Å². The van der Waals surface area contributed by atoms with Gasteiger partial charge in [0.05, 0.1) is 12.7 Å². The molecule has 3 nitrogen and oxygen atoms in total. The van der Waals surface area contributed by atoms with Gasteiger partial charge in [-0.3, -0.25) is 0 Å². The first-order valence-electron chi connectivity index (χ1n) is 3.71. The minimum Gasteiger partial charge on any atom is -0.392 e. The van der Waals surface area contributed by atoms with E-state index in [0.717, 1.165) is 12.8 Å². The largest absolute Gasteiger partial charge is 0.392 e. The van der Waals surface area contributed by atoms with Crippen LogP contribution < -0.4 is 0 Å². The third-order valence-electron chi connectivity index (χ3n) is 2.59. The van der Waals surface area contributed by atoms with Gasteiger partial charge in [-0.15, -0.1) is 0 Å². The van der Waals surface area contributed by atoms with E-state index in [1.54, 1.807) is 0 Å². The molecule has 2 atom stereocenters. The predicted molar refractivity (Wildman–Crippen MR) is 34.2 cm³/mol. The van der Waals surface area contributed by atoms with E-state index >= 15 is 0 Å². The van der Waals surface area contributed by atoms with Gasteiger partial charge in [0, 0.05) is 11.8 Å². The fourth-order valence-corrected chi connectivity index (χ4v) is 1.51. The first kappa shape index (κ1) is 6.58. The third kappa shape index (κ3) is 0.856. The Bertz CT molecular complexity index is 142. The van der Waals surface area contributed by atoms with Gasteiger partial charge < -0.3 is 14.9 Å². The van der Waals surface area contributed by atoms with Crippen LogP contribution in [0.4, 0.5) is 0 Å². The van der Waals surface area contributed by atoms with E-state index in [2.05, 4.69) is 0 Å². The van der Waals surface area contributed by atoms with Crippen LogP contribution in [0.5, 0.6) is 0 Å². The normalized spacial score (nSPS) is 43.8. The van der Waals surface area contributed by atoms with Crippen LogP contribution in [0.25, 0.3) is 0 Å². The lowest BCUT2D eigenvalue weighted by molar-refractivity contribution is -0.182. The van der Waals surface area contributed by atoms with E-state index in [-0.39, 0.29) is 11.5 Å². The molecule has 1 heterocycles. The lowest BCUT2D eigenvalue weighted by Crippen LogP contribution is -2.38. The summed E-state index contributed by atoms with van der Waals surface area (Å²) in [5.41, 5.74) is 0.0409. The molecule has 0 bridgehead atoms. The molecule has 2 fully saturated rings. The maximum Gasteiger partial charge on any atom is 0.157 e. The smallest absolute Gasteiger partial charge is 0.157 e. The van der Waals surface area contributed by atoms with Crippen LogP contribution in [-0.4, -0.2) is 29.2 Å². The summed E-state index contributed by atoms with van der Waals surface area (Å²) in [6, 6.07) is 0. The highest BCUT2D eigenvalue weighted by Crippen LogP contribution is 2.52. The lowest BCUT2D eigenvalue weighted by Gasteiger charge is -2.30. The molecule has 58 valence electrons. The monoisotopic (exact) mass is 144 g/mol. The molecule has 0 aromatic heterocycles. The summed E-state index contributed by atoms with van der Waals surface area (Å²) in [6.07, 6.45) is 1.43. The van der Waals surface area contributed by atoms with Gasteiger partial charge in [-0.1, -0.05) is 0 Å². The highest BCUT2D eigenvalue weighted by Gasteiger charge is 2.52. The number of rotatable bonds is 0. The van der Waals surface area contributed by atoms with Crippen LogP contribution in [0.15, 0.2) is 0 Å². The van der Waals surface area contributed by atoms with Crippen molar-refractivity contribution in [3.63, 3.8) is 0 Å². The van der Waals surface area contributed by atoms with Crippen LogP contribution >= 0.6 is 0 Å². The minimum atomic E-state index is -0.735. The Morgan fingerprint density at radius 2 is 2.00 bits per heavy atom. The number of aliphatic hydroxyl groups is 2. The maximum absolute atomic E-state index is 9.43. The summed E-state index contributed by atoms with van der Waals surface area (Å²) >= 11 is 0. The zero-order valence-corrected chi connectivity index (χ0v) is 5.79. The fraction of sp³-hybridized carbons (Fsp3) is 1.00. The van der Waals surface area contributed by atoms with E-state index in [0.29, 0.717) is 13.0 Å². The average molecular weight is 144 g/mol. The molecule has 1 aliphatic carbocycles. The Morgan fingerprint density at radius 3 is 2.50 bits per heavy atom. The van der Waals surface area contributed by atoms with Gasteiger partial charge in [0.15, 0.2) is 6.29 Å². The zero-order chi connectivity index (χ0) is 7.19. The van der Waals surface area contributed by atoms with Crippen LogP contribution in [0.1, 0.15) is 19.3 Å². The van der Waals surface area contributed by atoms with Crippen molar-refractivity contribution in [2.45, 2.75) is 31.7 Å². The maximum atomic E-state index is 9.43. The van der Waals surface area contributed by atoms with E-state index in [1.807, 2.05) is 0 Å². The first-order valence-corrected chi connectivity index (χ1v) is 3.71. The predicted octanol–water partition coefficient (Wildman–Crippen LogP) is -0.134. The second-order valence-electron chi connectivity index (χ2n) is 3.38. The molecule has 2 N–H and O–H groups in total. The Labute approximate surface area is 59.6 Å². The molecule has 10 heavy (non-hydrogen) atoms. The van der Waals surface area contributed by atoms with Gasteiger partial charge in [0.25, 0.3) is 0 Å². The van der Waals surface area contributed by atoms with E-state index in [4.69, 9.17) is 9.84 Å². The van der Waals surface area contributed by atoms with Gasteiger partial charge in [-0.25, -0.2) is 0 Å². The summed E-state index contributed by atoms with van der Waals surface area (Å²) in [5, 5.41) is 18.4. The van der Waals surface area contributed by atoms with Crippen molar-refractivity contribution in [1.82, 2.24) is 0 Å². The number of hydrogen-bond acceptors (Lipinski definition) is 3. The van der Waals surface area contributed by atoms with Crippen molar-refractivity contribution in [1.29, 1.82) is 0 Å². The highest BCUT2D eigenvalue weighted by atomic mass is 16.6. The minimum absolute atomic E-state index is 0.0409. The molecule has 0 aromatic carbocycles. The molecule has 3 heteroatoms. The summed E-state index contributed by atoms with van der Waals surface area (Å²) in [4.78, 5) is 0. The Hall–Kier alpha value is -0.120. The highest BCUT2D eigenvalue weighted by molar-refractivity contribution is 5.00. The number of ether oxygens (including phenoxy) is 1. The summed E-state index contributed by atoms with van der Waals surface area (Å²) in [7, 11) is 0. The SMILES string of the molecule is O[C@@H]1C[C@H](O)OCC12CC2. The van der Waals surface area contributed by atoms with E-state index < -0.39 is 6.29 Å². The lowest BCUT2D eigenvalue weighted by atomic mass is 9.95. The molecule has 0 unspecified atom stereocenters. The Balaban J connectivity index is 2.01. The van der Waals surface area contributed by atoms with Crippen LogP contribution in [-0.2, 0) is 4.74 Å². The van der Waals surface area contributed by atoms with Crippen molar-refractivity contribution in [2.75, 3.05) is 6.61 Å². The average Bonchev–Trinajstić information content (AvgIpc) is 2.62. The summed E-state index contributed by atoms with van der Waals surface area (Å²) in [5.74, 6) is 0. The van der Waals surface area contributed by atoms with Crippen molar-refractivity contribution in [2.24, 2.45) is 5.41 Å². The second kappa shape index (κ2) is 1.94. The van der Waals surface area contributed by atoms with E-state index in [9.17, 15) is 5.11 Å². The number of hydrogen-bond donors (Lipinski definition) is 2. The van der Waals surface area contributed by atoms with Crippen LogP contribution in [0.2, 0.25) is 0 Å². The molecule has 0 amide bonds. The van der Waals surface area contributed by atoms with Gasteiger partial charge in [0.2, 0.25) is 0 Å². The molecule has 2 rings (SSSR count). The van der Waals surface area contributed by atoms with Gasteiger partial charge >= 0.3 is 0 Å². The van der Waals surface area contributed by atoms with Crippen LogP contribution in [0, 0.1) is 5.41 Å². The standard InChI is InChI=1S/C7H12O3/c8-5-3-6(9)10-4-7(5)1-2-7/h5-6,8-9H,1-4H2/t5-,6-/m1/s1. The molecular formula is C7H12O3. The van der Waals surface area contributed by atoms with Gasteiger partial charge in [-0.2, -0.15) is 0 Å². The quantitative estimate of drug-likeness (QED) is 0.497. The number of aliphatic hydroxyl groups excluding tert-OH is 2. The molecular weight excluding hydrogens is 132 g/mol. The van der Waals surface area contributed by atoms with Gasteiger partial charge in [-0.05, 0) is 12.8 Å². The zero-order valence-electron chi connectivity index (χ0n) is 5.79.